The van der Waals surface area contributed by atoms with Gasteiger partial charge in [0.15, 0.2) is 5.78 Å². The molecule has 0 aromatic rings. The van der Waals surface area contributed by atoms with Crippen molar-refractivity contribution in [2.45, 2.75) is 13.8 Å². The zero-order valence-electron chi connectivity index (χ0n) is 12.8. The molecular weight excluding hydrogens is 280 g/mol. The first kappa shape index (κ1) is 19.3. The molecule has 0 aromatic carbocycles. The Morgan fingerprint density at radius 2 is 1.62 bits per heavy atom. The third-order valence-electron chi connectivity index (χ3n) is 2.39. The van der Waals surface area contributed by atoms with E-state index < -0.39 is 12.0 Å². The van der Waals surface area contributed by atoms with E-state index in [0.29, 0.717) is 13.2 Å². The molecule has 0 saturated heterocycles. The first-order valence-corrected chi connectivity index (χ1v) is 6.74. The van der Waals surface area contributed by atoms with Crippen molar-refractivity contribution in [3.05, 3.63) is 0 Å². The van der Waals surface area contributed by atoms with E-state index in [1.54, 1.807) is 21.0 Å². The lowest BCUT2D eigenvalue weighted by atomic mass is 10.1. The molecule has 2 N–H and O–H groups in total. The lowest BCUT2D eigenvalue weighted by molar-refractivity contribution is -0.126. The molecule has 0 unspecified atom stereocenters. The summed E-state index contributed by atoms with van der Waals surface area (Å²) in [6.45, 7) is 4.46. The molecule has 0 atom stereocenters. The summed E-state index contributed by atoms with van der Waals surface area (Å²) < 4.78 is 14.6. The van der Waals surface area contributed by atoms with Gasteiger partial charge in [-0.15, -0.1) is 0 Å². The van der Waals surface area contributed by atoms with Crippen molar-refractivity contribution in [1.29, 1.82) is 0 Å². The summed E-state index contributed by atoms with van der Waals surface area (Å²) in [5.41, 5.74) is 0. The molecule has 0 spiro atoms. The van der Waals surface area contributed by atoms with Gasteiger partial charge < -0.3 is 24.8 Å². The highest BCUT2D eigenvalue weighted by Gasteiger charge is 2.10. The number of carbonyl (C=O) groups excluding carboxylic acids is 3. The Balaban J connectivity index is 3.55. The smallest absolute Gasteiger partial charge is 0.407 e. The Bertz CT molecular complexity index is 333. The van der Waals surface area contributed by atoms with Crippen LogP contribution < -0.4 is 10.6 Å². The van der Waals surface area contributed by atoms with E-state index in [1.165, 1.54) is 0 Å². The molecule has 2 amide bonds. The van der Waals surface area contributed by atoms with Crippen LogP contribution in [0.25, 0.3) is 0 Å². The number of nitrogens with one attached hydrogen (secondary N) is 2. The number of hydrogen-bond donors (Lipinski definition) is 2. The van der Waals surface area contributed by atoms with Gasteiger partial charge in [-0.1, -0.05) is 13.8 Å². The van der Waals surface area contributed by atoms with Gasteiger partial charge in [-0.05, 0) is 0 Å². The molecular formula is C13H24N2O6. The van der Waals surface area contributed by atoms with Crippen LogP contribution in [0, 0.1) is 5.92 Å². The molecule has 0 heterocycles. The summed E-state index contributed by atoms with van der Waals surface area (Å²) in [5.74, 6) is -0.655. The molecule has 0 rings (SSSR count). The lowest BCUT2D eigenvalue weighted by Gasteiger charge is -2.08. The zero-order chi connectivity index (χ0) is 16.1. The van der Waals surface area contributed by atoms with Crippen LogP contribution in [-0.2, 0) is 23.8 Å². The molecule has 0 aliphatic rings. The number of Topliss-reactive ketones (excluding diaryl/α,β-unsaturated/α-hetero) is 1. The van der Waals surface area contributed by atoms with Crippen LogP contribution in [0.4, 0.5) is 4.79 Å². The molecule has 122 valence electrons. The molecule has 21 heavy (non-hydrogen) atoms. The zero-order valence-corrected chi connectivity index (χ0v) is 12.8. The molecule has 0 saturated carbocycles. The van der Waals surface area contributed by atoms with Crippen molar-refractivity contribution >= 4 is 17.8 Å². The van der Waals surface area contributed by atoms with E-state index in [4.69, 9.17) is 14.2 Å². The fraction of sp³-hybridized carbons (Fsp3) is 0.769. The van der Waals surface area contributed by atoms with Crippen LogP contribution in [0.5, 0.6) is 0 Å². The molecule has 0 aliphatic heterocycles. The highest BCUT2D eigenvalue weighted by Crippen LogP contribution is 1.91. The number of carbonyl (C=O) groups is 3. The predicted octanol–water partition coefficient (Wildman–Crippen LogP) is -0.283. The van der Waals surface area contributed by atoms with Gasteiger partial charge in [0.05, 0.1) is 26.4 Å². The maximum atomic E-state index is 11.4. The summed E-state index contributed by atoms with van der Waals surface area (Å²) in [6.07, 6.45) is -0.712. The first-order chi connectivity index (χ1) is 9.97. The van der Waals surface area contributed by atoms with Crippen LogP contribution in [0.1, 0.15) is 13.8 Å². The van der Waals surface area contributed by atoms with Gasteiger partial charge in [-0.3, -0.25) is 9.59 Å². The molecule has 8 heteroatoms. The number of ether oxygens (including phenoxy) is 3. The number of hydrogen-bond acceptors (Lipinski definition) is 6. The normalized spacial score (nSPS) is 10.3. The largest absolute Gasteiger partial charge is 0.447 e. The molecule has 0 radical (unpaired) electrons. The SMILES string of the molecule is COCCOCCOC(=O)NCC(=O)NCC(=O)C(C)C. The summed E-state index contributed by atoms with van der Waals surface area (Å²) in [7, 11) is 1.56. The Morgan fingerprint density at radius 3 is 2.24 bits per heavy atom. The van der Waals surface area contributed by atoms with Gasteiger partial charge in [-0.25, -0.2) is 4.79 Å². The maximum Gasteiger partial charge on any atom is 0.407 e. The number of methoxy groups -OCH3 is 1. The first-order valence-electron chi connectivity index (χ1n) is 6.74. The molecule has 0 aliphatic carbocycles. The van der Waals surface area contributed by atoms with Gasteiger partial charge in [0.25, 0.3) is 0 Å². The van der Waals surface area contributed by atoms with Crippen molar-refractivity contribution in [1.82, 2.24) is 10.6 Å². The quantitative estimate of drug-likeness (QED) is 0.509. The van der Waals surface area contributed by atoms with Gasteiger partial charge in [0, 0.05) is 13.0 Å². The van der Waals surface area contributed by atoms with E-state index in [0.717, 1.165) is 0 Å². The summed E-state index contributed by atoms with van der Waals surface area (Å²) in [5, 5.41) is 4.68. The Labute approximate surface area is 124 Å². The molecule has 0 aromatic heterocycles. The maximum absolute atomic E-state index is 11.4. The topological polar surface area (TPSA) is 103 Å². The van der Waals surface area contributed by atoms with Crippen molar-refractivity contribution < 1.29 is 28.6 Å². The van der Waals surface area contributed by atoms with Gasteiger partial charge in [0.1, 0.15) is 13.2 Å². The van der Waals surface area contributed by atoms with Gasteiger partial charge >= 0.3 is 6.09 Å². The standard InChI is InChI=1S/C13H24N2O6/c1-10(2)11(16)8-14-12(17)9-15-13(18)21-7-6-20-5-4-19-3/h10H,4-9H2,1-3H3,(H,14,17)(H,15,18). The van der Waals surface area contributed by atoms with Gasteiger partial charge in [-0.2, -0.15) is 0 Å². The molecule has 0 fully saturated rings. The third kappa shape index (κ3) is 11.8. The minimum absolute atomic E-state index is 0.0411. The van der Waals surface area contributed by atoms with E-state index in [9.17, 15) is 14.4 Å². The van der Waals surface area contributed by atoms with E-state index in [2.05, 4.69) is 10.6 Å². The highest BCUT2D eigenvalue weighted by molar-refractivity contribution is 5.88. The summed E-state index contributed by atoms with van der Waals surface area (Å²) >= 11 is 0. The average Bonchev–Trinajstić information content (AvgIpc) is 2.45. The fourth-order valence-electron chi connectivity index (χ4n) is 1.09. The van der Waals surface area contributed by atoms with Crippen molar-refractivity contribution in [2.24, 2.45) is 5.92 Å². The predicted molar refractivity (Wildman–Crippen MR) is 74.9 cm³/mol. The minimum Gasteiger partial charge on any atom is -0.447 e. The third-order valence-corrected chi connectivity index (χ3v) is 2.39. The second-order valence-electron chi connectivity index (χ2n) is 4.49. The van der Waals surface area contributed by atoms with E-state index in [-0.39, 0.29) is 38.0 Å². The Morgan fingerprint density at radius 1 is 0.952 bits per heavy atom. The molecule has 8 nitrogen and oxygen atoms in total. The minimum atomic E-state index is -0.712. The van der Waals surface area contributed by atoms with Crippen LogP contribution in [0.2, 0.25) is 0 Å². The number of rotatable bonds is 11. The monoisotopic (exact) mass is 304 g/mol. The lowest BCUT2D eigenvalue weighted by Crippen LogP contribution is -2.40. The second-order valence-corrected chi connectivity index (χ2v) is 4.49. The van der Waals surface area contributed by atoms with Crippen LogP contribution >= 0.6 is 0 Å². The summed E-state index contributed by atoms with van der Waals surface area (Å²) in [6, 6.07) is 0. The average molecular weight is 304 g/mol. The Kier molecular flexibility index (Phi) is 11.1. The van der Waals surface area contributed by atoms with Crippen molar-refractivity contribution in [3.63, 3.8) is 0 Å². The van der Waals surface area contributed by atoms with Crippen molar-refractivity contribution in [2.75, 3.05) is 46.6 Å². The molecule has 0 bridgehead atoms. The van der Waals surface area contributed by atoms with Crippen LogP contribution in [-0.4, -0.2) is 64.4 Å². The van der Waals surface area contributed by atoms with Crippen LogP contribution in [0.15, 0.2) is 0 Å². The highest BCUT2D eigenvalue weighted by atomic mass is 16.6. The second kappa shape index (κ2) is 12.1. The van der Waals surface area contributed by atoms with E-state index in [1.807, 2.05) is 0 Å². The number of ketones is 1. The fourth-order valence-corrected chi connectivity index (χ4v) is 1.09. The summed E-state index contributed by atoms with van der Waals surface area (Å²) in [4.78, 5) is 33.9. The van der Waals surface area contributed by atoms with Crippen LogP contribution in [0.3, 0.4) is 0 Å². The van der Waals surface area contributed by atoms with Gasteiger partial charge in [0.2, 0.25) is 5.91 Å². The Hall–Kier alpha value is -1.67. The van der Waals surface area contributed by atoms with Crippen molar-refractivity contribution in [3.8, 4) is 0 Å². The number of amides is 2. The number of alkyl carbamates (subject to hydrolysis) is 1. The van der Waals surface area contributed by atoms with E-state index >= 15 is 0 Å².